The van der Waals surface area contributed by atoms with E-state index >= 15 is 0 Å². The fraction of sp³-hybridized carbons (Fsp3) is 0.467. The SMILES string of the molecule is CC(C)C[C@@H](NC(=O)C1CNc2ccccc21)C(=O)O. The standard InChI is InChI=1S/C15H20N2O3/c1-9(2)7-13(15(19)20)17-14(18)11-8-16-12-6-4-3-5-10(11)12/h3-6,9,11,13,16H,7-8H2,1-2H3,(H,17,18)(H,19,20)/t11?,13-/m1/s1. The Morgan fingerprint density at radius 1 is 1.40 bits per heavy atom. The molecule has 20 heavy (non-hydrogen) atoms. The van der Waals surface area contributed by atoms with Crippen molar-refractivity contribution in [2.75, 3.05) is 11.9 Å². The zero-order valence-corrected chi connectivity index (χ0v) is 11.7. The van der Waals surface area contributed by atoms with Gasteiger partial charge in [0.15, 0.2) is 0 Å². The first-order chi connectivity index (χ1) is 9.49. The third kappa shape index (κ3) is 3.10. The van der Waals surface area contributed by atoms with Crippen LogP contribution in [0.5, 0.6) is 0 Å². The Balaban J connectivity index is 2.07. The maximum absolute atomic E-state index is 12.3. The molecule has 5 heteroatoms. The second kappa shape index (κ2) is 5.94. The highest BCUT2D eigenvalue weighted by Crippen LogP contribution is 2.31. The van der Waals surface area contributed by atoms with Crippen LogP contribution in [0.4, 0.5) is 5.69 Å². The first-order valence-electron chi connectivity index (χ1n) is 6.85. The number of fused-ring (bicyclic) bond motifs is 1. The molecular weight excluding hydrogens is 256 g/mol. The molecule has 0 saturated carbocycles. The lowest BCUT2D eigenvalue weighted by molar-refractivity contribution is -0.142. The summed E-state index contributed by atoms with van der Waals surface area (Å²) in [5, 5.41) is 15.0. The maximum Gasteiger partial charge on any atom is 0.326 e. The minimum atomic E-state index is -0.980. The molecule has 5 nitrogen and oxygen atoms in total. The number of carbonyl (C=O) groups excluding carboxylic acids is 1. The normalized spacial score (nSPS) is 18.2. The first-order valence-corrected chi connectivity index (χ1v) is 6.85. The molecule has 1 aromatic carbocycles. The molecule has 1 amide bonds. The second-order valence-corrected chi connectivity index (χ2v) is 5.55. The second-order valence-electron chi connectivity index (χ2n) is 5.55. The lowest BCUT2D eigenvalue weighted by atomic mass is 9.98. The summed E-state index contributed by atoms with van der Waals surface area (Å²) in [4.78, 5) is 23.5. The number of hydrogen-bond donors (Lipinski definition) is 3. The summed E-state index contributed by atoms with van der Waals surface area (Å²) in [6, 6.07) is 6.79. The molecule has 0 spiro atoms. The molecule has 2 atom stereocenters. The molecule has 1 aromatic rings. The summed E-state index contributed by atoms with van der Waals surface area (Å²) in [6.45, 7) is 4.39. The number of anilines is 1. The molecule has 3 N–H and O–H groups in total. The van der Waals surface area contributed by atoms with Crippen LogP contribution in [-0.4, -0.2) is 29.6 Å². The Morgan fingerprint density at radius 3 is 2.75 bits per heavy atom. The Morgan fingerprint density at radius 2 is 2.10 bits per heavy atom. The minimum Gasteiger partial charge on any atom is -0.480 e. The monoisotopic (exact) mass is 276 g/mol. The molecule has 1 aliphatic heterocycles. The fourth-order valence-electron chi connectivity index (χ4n) is 2.48. The van der Waals surface area contributed by atoms with E-state index in [2.05, 4.69) is 10.6 Å². The van der Waals surface area contributed by atoms with Gasteiger partial charge in [-0.2, -0.15) is 0 Å². The highest BCUT2D eigenvalue weighted by Gasteiger charge is 2.31. The molecule has 1 unspecified atom stereocenters. The van der Waals surface area contributed by atoms with Gasteiger partial charge in [0.25, 0.3) is 0 Å². The van der Waals surface area contributed by atoms with Crippen molar-refractivity contribution in [1.29, 1.82) is 0 Å². The van der Waals surface area contributed by atoms with Crippen LogP contribution in [0.15, 0.2) is 24.3 Å². The van der Waals surface area contributed by atoms with Gasteiger partial charge in [0, 0.05) is 12.2 Å². The number of hydrogen-bond acceptors (Lipinski definition) is 3. The number of amides is 1. The van der Waals surface area contributed by atoms with Crippen LogP contribution in [0, 0.1) is 5.92 Å². The quantitative estimate of drug-likeness (QED) is 0.766. The molecule has 0 saturated heterocycles. The average molecular weight is 276 g/mol. The summed E-state index contributed by atoms with van der Waals surface area (Å²) < 4.78 is 0. The van der Waals surface area contributed by atoms with Crippen molar-refractivity contribution in [3.8, 4) is 0 Å². The third-order valence-corrected chi connectivity index (χ3v) is 3.47. The van der Waals surface area contributed by atoms with E-state index in [1.165, 1.54) is 0 Å². The van der Waals surface area contributed by atoms with Crippen LogP contribution in [0.25, 0.3) is 0 Å². The van der Waals surface area contributed by atoms with Gasteiger partial charge in [0.05, 0.1) is 5.92 Å². The Kier molecular flexibility index (Phi) is 4.27. The molecule has 0 fully saturated rings. The van der Waals surface area contributed by atoms with E-state index in [1.807, 2.05) is 38.1 Å². The molecular formula is C15H20N2O3. The molecule has 0 aromatic heterocycles. The van der Waals surface area contributed by atoms with Crippen LogP contribution in [0.1, 0.15) is 31.7 Å². The van der Waals surface area contributed by atoms with E-state index in [-0.39, 0.29) is 17.7 Å². The van der Waals surface area contributed by atoms with E-state index in [0.29, 0.717) is 13.0 Å². The molecule has 0 aliphatic carbocycles. The minimum absolute atomic E-state index is 0.213. The summed E-state index contributed by atoms with van der Waals surface area (Å²) in [7, 11) is 0. The lowest BCUT2D eigenvalue weighted by Crippen LogP contribution is -2.44. The van der Waals surface area contributed by atoms with Gasteiger partial charge in [0.1, 0.15) is 6.04 Å². The highest BCUT2D eigenvalue weighted by atomic mass is 16.4. The van der Waals surface area contributed by atoms with Crippen LogP contribution in [0.2, 0.25) is 0 Å². The van der Waals surface area contributed by atoms with Crippen molar-refractivity contribution in [1.82, 2.24) is 5.32 Å². The van der Waals surface area contributed by atoms with Crippen molar-refractivity contribution in [3.63, 3.8) is 0 Å². The van der Waals surface area contributed by atoms with E-state index in [9.17, 15) is 14.7 Å². The Labute approximate surface area is 118 Å². The number of nitrogens with one attached hydrogen (secondary N) is 2. The number of carbonyl (C=O) groups is 2. The van der Waals surface area contributed by atoms with Crippen LogP contribution in [-0.2, 0) is 9.59 Å². The number of benzene rings is 1. The van der Waals surface area contributed by atoms with Crippen LogP contribution < -0.4 is 10.6 Å². The molecule has 108 valence electrons. The van der Waals surface area contributed by atoms with Gasteiger partial charge in [-0.1, -0.05) is 32.0 Å². The summed E-state index contributed by atoms with van der Waals surface area (Å²) in [5.74, 6) is -1.31. The molecule has 1 heterocycles. The van der Waals surface area contributed by atoms with Crippen molar-refractivity contribution in [3.05, 3.63) is 29.8 Å². The largest absolute Gasteiger partial charge is 0.480 e. The van der Waals surface area contributed by atoms with Crippen molar-refractivity contribution >= 4 is 17.6 Å². The van der Waals surface area contributed by atoms with Gasteiger partial charge in [-0.05, 0) is 24.0 Å². The van der Waals surface area contributed by atoms with Crippen LogP contribution >= 0.6 is 0 Å². The zero-order valence-electron chi connectivity index (χ0n) is 11.7. The predicted molar refractivity (Wildman–Crippen MR) is 76.7 cm³/mol. The van der Waals surface area contributed by atoms with E-state index < -0.39 is 12.0 Å². The van der Waals surface area contributed by atoms with Crippen LogP contribution in [0.3, 0.4) is 0 Å². The van der Waals surface area contributed by atoms with E-state index in [4.69, 9.17) is 0 Å². The third-order valence-electron chi connectivity index (χ3n) is 3.47. The first kappa shape index (κ1) is 14.4. The maximum atomic E-state index is 12.3. The van der Waals surface area contributed by atoms with Crippen molar-refractivity contribution in [2.24, 2.45) is 5.92 Å². The number of para-hydroxylation sites is 1. The van der Waals surface area contributed by atoms with Gasteiger partial charge in [-0.3, -0.25) is 4.79 Å². The summed E-state index contributed by atoms with van der Waals surface area (Å²) >= 11 is 0. The average Bonchev–Trinajstić information content (AvgIpc) is 2.81. The molecule has 0 bridgehead atoms. The smallest absolute Gasteiger partial charge is 0.326 e. The number of rotatable bonds is 5. The molecule has 0 radical (unpaired) electrons. The topological polar surface area (TPSA) is 78.4 Å². The summed E-state index contributed by atoms with van der Waals surface area (Å²) in [6.07, 6.45) is 0.433. The number of carboxylic acids is 1. The van der Waals surface area contributed by atoms with E-state index in [1.54, 1.807) is 0 Å². The zero-order chi connectivity index (χ0) is 14.7. The van der Waals surface area contributed by atoms with Crippen molar-refractivity contribution < 1.29 is 14.7 Å². The fourth-order valence-corrected chi connectivity index (χ4v) is 2.48. The predicted octanol–water partition coefficient (Wildman–Crippen LogP) is 1.81. The van der Waals surface area contributed by atoms with Gasteiger partial charge in [-0.15, -0.1) is 0 Å². The van der Waals surface area contributed by atoms with Gasteiger partial charge in [-0.25, -0.2) is 4.79 Å². The summed E-state index contributed by atoms with van der Waals surface area (Å²) in [5.41, 5.74) is 1.88. The molecule has 1 aliphatic rings. The van der Waals surface area contributed by atoms with Gasteiger partial charge in [0.2, 0.25) is 5.91 Å². The molecule has 2 rings (SSSR count). The number of carboxylic acid groups (broad SMARTS) is 1. The van der Waals surface area contributed by atoms with Gasteiger partial charge < -0.3 is 15.7 Å². The van der Waals surface area contributed by atoms with E-state index in [0.717, 1.165) is 11.3 Å². The Bertz CT molecular complexity index is 514. The van der Waals surface area contributed by atoms with Gasteiger partial charge >= 0.3 is 5.97 Å². The Hall–Kier alpha value is -2.04. The number of aliphatic carboxylic acids is 1. The van der Waals surface area contributed by atoms with Crippen molar-refractivity contribution in [2.45, 2.75) is 32.2 Å². The lowest BCUT2D eigenvalue weighted by Gasteiger charge is -2.19. The highest BCUT2D eigenvalue weighted by molar-refractivity contribution is 5.91.